The summed E-state index contributed by atoms with van der Waals surface area (Å²) in [4.78, 5) is 1.45. The van der Waals surface area contributed by atoms with Gasteiger partial charge in [-0.1, -0.05) is 67.7 Å². The van der Waals surface area contributed by atoms with Crippen molar-refractivity contribution in [3.63, 3.8) is 0 Å². The Morgan fingerprint density at radius 2 is 1.92 bits per heavy atom. The zero-order valence-corrected chi connectivity index (χ0v) is 19.3. The van der Waals surface area contributed by atoms with E-state index in [1.54, 1.807) is 0 Å². The zero-order valence-electron chi connectivity index (χ0n) is 15.4. The highest BCUT2D eigenvalue weighted by atomic mass is 127. The van der Waals surface area contributed by atoms with Crippen LogP contribution in [0.15, 0.2) is 40.5 Å². The third kappa shape index (κ3) is 5.41. The second-order valence-corrected chi connectivity index (χ2v) is 12.8. The molecule has 1 radical (unpaired) electrons. The monoisotopic (exact) mass is 471 g/mol. The molecule has 0 saturated carbocycles. The van der Waals surface area contributed by atoms with Crippen LogP contribution in [0.1, 0.15) is 32.1 Å². The highest BCUT2D eigenvalue weighted by Gasteiger charge is 2.29. The van der Waals surface area contributed by atoms with Gasteiger partial charge in [0, 0.05) is 9.58 Å². The standard InChI is InChI=1S/C20H28IOSSi/c1-19(2,24(4)5)15-22-20(3,12-13-21)11-10-17-14-16-8-6-7-9-18(16)23-17/h6-9,12-14H,10-11,15H2,1-5H3/b13-12+. The minimum atomic E-state index is -0.380. The van der Waals surface area contributed by atoms with Gasteiger partial charge in [-0.25, -0.2) is 0 Å². The number of rotatable bonds is 8. The number of halogens is 1. The molecule has 0 aliphatic heterocycles. The fourth-order valence-electron chi connectivity index (χ4n) is 2.36. The molecule has 0 amide bonds. The Morgan fingerprint density at radius 1 is 1.21 bits per heavy atom. The molecule has 0 bridgehead atoms. The van der Waals surface area contributed by atoms with Gasteiger partial charge in [0.2, 0.25) is 0 Å². The number of fused-ring (bicyclic) bond motifs is 1. The van der Waals surface area contributed by atoms with Crippen molar-refractivity contribution in [2.45, 2.75) is 57.3 Å². The van der Waals surface area contributed by atoms with Crippen LogP contribution in [0.4, 0.5) is 0 Å². The summed E-state index contributed by atoms with van der Waals surface area (Å²) < 4.78 is 9.91. The lowest BCUT2D eigenvalue weighted by Gasteiger charge is -2.34. The summed E-state index contributed by atoms with van der Waals surface area (Å²) in [5, 5.41) is 1.65. The van der Waals surface area contributed by atoms with Crippen molar-refractivity contribution < 1.29 is 4.74 Å². The summed E-state index contributed by atoms with van der Waals surface area (Å²) in [5.41, 5.74) is -0.189. The maximum atomic E-state index is 6.43. The summed E-state index contributed by atoms with van der Waals surface area (Å²) in [5.74, 6) is 0. The Morgan fingerprint density at radius 3 is 2.54 bits per heavy atom. The highest BCUT2D eigenvalue weighted by molar-refractivity contribution is 14.1. The molecule has 131 valence electrons. The van der Waals surface area contributed by atoms with E-state index in [9.17, 15) is 0 Å². The van der Waals surface area contributed by atoms with Crippen LogP contribution in [-0.2, 0) is 11.2 Å². The molecular formula is C20H28IOSSi. The first-order valence-corrected chi connectivity index (χ1v) is 13.0. The molecule has 24 heavy (non-hydrogen) atoms. The summed E-state index contributed by atoms with van der Waals surface area (Å²) in [6, 6.07) is 11.0. The first-order valence-electron chi connectivity index (χ1n) is 8.46. The molecule has 0 fully saturated rings. The SMILES string of the molecule is C[Si](C)C(C)(C)COC(C)(/C=C/I)CCc1cc2ccccc2s1. The molecule has 1 unspecified atom stereocenters. The van der Waals surface area contributed by atoms with Crippen molar-refractivity contribution in [3.8, 4) is 0 Å². The van der Waals surface area contributed by atoms with E-state index in [0.29, 0.717) is 5.04 Å². The van der Waals surface area contributed by atoms with Crippen molar-refractivity contribution in [2.24, 2.45) is 0 Å². The molecule has 1 aromatic carbocycles. The highest BCUT2D eigenvalue weighted by Crippen LogP contribution is 2.33. The van der Waals surface area contributed by atoms with Gasteiger partial charge in [-0.05, 0) is 52.5 Å². The number of ether oxygens (including phenoxy) is 1. The van der Waals surface area contributed by atoms with E-state index < -0.39 is 0 Å². The van der Waals surface area contributed by atoms with Crippen molar-refractivity contribution in [3.05, 3.63) is 45.4 Å². The second-order valence-electron chi connectivity index (χ2n) is 7.53. The van der Waals surface area contributed by atoms with Gasteiger partial charge in [0.15, 0.2) is 0 Å². The van der Waals surface area contributed by atoms with Crippen LogP contribution in [0.25, 0.3) is 10.1 Å². The summed E-state index contributed by atoms with van der Waals surface area (Å²) >= 11 is 4.21. The van der Waals surface area contributed by atoms with E-state index in [-0.39, 0.29) is 14.4 Å². The molecule has 0 aliphatic rings. The van der Waals surface area contributed by atoms with Crippen LogP contribution in [0.2, 0.25) is 18.1 Å². The van der Waals surface area contributed by atoms with Crippen LogP contribution < -0.4 is 0 Å². The Labute approximate surface area is 166 Å². The largest absolute Gasteiger partial charge is 0.371 e. The van der Waals surface area contributed by atoms with Gasteiger partial charge in [-0.3, -0.25) is 0 Å². The Hall–Kier alpha value is -0.173. The number of hydrogen-bond acceptors (Lipinski definition) is 2. The third-order valence-corrected chi connectivity index (χ3v) is 9.26. The van der Waals surface area contributed by atoms with Crippen LogP contribution >= 0.6 is 33.9 Å². The lowest BCUT2D eigenvalue weighted by Crippen LogP contribution is -2.34. The average Bonchev–Trinajstić information content (AvgIpc) is 2.94. The Kier molecular flexibility index (Phi) is 7.11. The third-order valence-electron chi connectivity index (χ3n) is 4.88. The lowest BCUT2D eigenvalue weighted by atomic mass is 9.99. The van der Waals surface area contributed by atoms with E-state index >= 15 is 0 Å². The van der Waals surface area contributed by atoms with Crippen molar-refractivity contribution >= 4 is 52.8 Å². The van der Waals surface area contributed by atoms with Crippen LogP contribution in [0.3, 0.4) is 0 Å². The molecule has 0 aliphatic carbocycles. The first-order chi connectivity index (χ1) is 11.3. The number of thiophene rings is 1. The zero-order chi connectivity index (χ0) is 17.8. The Bertz CT molecular complexity index is 659. The van der Waals surface area contributed by atoms with Crippen LogP contribution in [-0.4, -0.2) is 21.0 Å². The quantitative estimate of drug-likeness (QED) is 0.295. The smallest absolute Gasteiger partial charge is 0.0845 e. The number of benzene rings is 1. The molecule has 4 heteroatoms. The summed E-state index contributed by atoms with van der Waals surface area (Å²) in [6.45, 7) is 12.5. The predicted molar refractivity (Wildman–Crippen MR) is 119 cm³/mol. The molecule has 1 aromatic heterocycles. The van der Waals surface area contributed by atoms with Gasteiger partial charge in [-0.15, -0.1) is 11.3 Å². The normalized spacial score (nSPS) is 15.5. The first kappa shape index (κ1) is 20.1. The van der Waals surface area contributed by atoms with Crippen LogP contribution in [0.5, 0.6) is 0 Å². The fraction of sp³-hybridized carbons (Fsp3) is 0.500. The fourth-order valence-corrected chi connectivity index (χ4v) is 4.54. The van der Waals surface area contributed by atoms with Gasteiger partial charge < -0.3 is 4.74 Å². The second kappa shape index (κ2) is 8.47. The van der Waals surface area contributed by atoms with E-state index in [4.69, 9.17) is 4.74 Å². The molecule has 0 spiro atoms. The topological polar surface area (TPSA) is 9.23 Å². The van der Waals surface area contributed by atoms with Crippen molar-refractivity contribution in [1.82, 2.24) is 0 Å². The minimum Gasteiger partial charge on any atom is -0.371 e. The molecule has 1 nitrogen and oxygen atoms in total. The van der Waals surface area contributed by atoms with Gasteiger partial charge in [0.25, 0.3) is 0 Å². The molecule has 0 N–H and O–H groups in total. The molecule has 1 atom stereocenters. The predicted octanol–water partition coefficient (Wildman–Crippen LogP) is 7.09. The minimum absolute atomic E-state index is 0.189. The van der Waals surface area contributed by atoms with E-state index in [1.165, 1.54) is 15.0 Å². The van der Waals surface area contributed by atoms with Gasteiger partial charge in [0.1, 0.15) is 0 Å². The molecule has 2 rings (SSSR count). The molecular weight excluding hydrogens is 443 g/mol. The van der Waals surface area contributed by atoms with Crippen molar-refractivity contribution in [1.29, 1.82) is 0 Å². The molecule has 1 heterocycles. The van der Waals surface area contributed by atoms with Gasteiger partial charge in [0.05, 0.1) is 21.0 Å². The maximum Gasteiger partial charge on any atom is 0.0845 e. The summed E-state index contributed by atoms with van der Waals surface area (Å²) in [6.07, 6.45) is 4.30. The number of aryl methyl sites for hydroxylation is 1. The van der Waals surface area contributed by atoms with E-state index in [1.807, 2.05) is 11.3 Å². The molecule has 2 aromatic rings. The Balaban J connectivity index is 2.04. The van der Waals surface area contributed by atoms with E-state index in [0.717, 1.165) is 19.4 Å². The van der Waals surface area contributed by atoms with Gasteiger partial charge in [-0.2, -0.15) is 0 Å². The number of hydrogen-bond donors (Lipinski definition) is 0. The maximum absolute atomic E-state index is 6.43. The average molecular weight is 472 g/mol. The molecule has 0 saturated heterocycles. The summed E-state index contributed by atoms with van der Waals surface area (Å²) in [7, 11) is -0.380. The van der Waals surface area contributed by atoms with Crippen LogP contribution in [0, 0.1) is 0 Å². The van der Waals surface area contributed by atoms with E-state index in [2.05, 4.69) is 96.9 Å². The van der Waals surface area contributed by atoms with Crippen molar-refractivity contribution in [2.75, 3.05) is 6.61 Å². The van der Waals surface area contributed by atoms with Gasteiger partial charge >= 0.3 is 0 Å². The lowest BCUT2D eigenvalue weighted by molar-refractivity contribution is -0.0115.